The molecule has 1 aromatic carbocycles. The van der Waals surface area contributed by atoms with Gasteiger partial charge in [0.15, 0.2) is 0 Å². The Balaban J connectivity index is 1.99. The predicted molar refractivity (Wildman–Crippen MR) is 88.5 cm³/mol. The smallest absolute Gasteiger partial charge is 0.0491 e. The minimum atomic E-state index is 0.231. The van der Waals surface area contributed by atoms with Crippen LogP contribution in [0, 0.1) is 0 Å². The number of rotatable bonds is 3. The van der Waals surface area contributed by atoms with E-state index in [0.717, 1.165) is 6.54 Å². The predicted octanol–water partition coefficient (Wildman–Crippen LogP) is 4.97. The van der Waals surface area contributed by atoms with Crippen LogP contribution in [0.4, 0.5) is 0 Å². The van der Waals surface area contributed by atoms with Gasteiger partial charge in [-0.25, -0.2) is 0 Å². The molecule has 1 fully saturated rings. The van der Waals surface area contributed by atoms with E-state index in [1.54, 1.807) is 0 Å². The molecule has 1 aliphatic carbocycles. The molecule has 0 aliphatic heterocycles. The zero-order chi connectivity index (χ0) is 14.8. The first kappa shape index (κ1) is 15.9. The van der Waals surface area contributed by atoms with E-state index in [-0.39, 0.29) is 5.41 Å². The van der Waals surface area contributed by atoms with Crippen LogP contribution in [0.25, 0.3) is 0 Å². The SMILES string of the molecule is CN(Cc1ccc(C(C)(C)C)cc1)C1CCCCC1Cl. The summed E-state index contributed by atoms with van der Waals surface area (Å²) in [5.41, 5.74) is 3.02. The maximum atomic E-state index is 6.49. The molecule has 0 heterocycles. The van der Waals surface area contributed by atoms with Crippen LogP contribution in [0.5, 0.6) is 0 Å². The van der Waals surface area contributed by atoms with E-state index in [9.17, 15) is 0 Å². The molecule has 0 amide bonds. The van der Waals surface area contributed by atoms with Gasteiger partial charge >= 0.3 is 0 Å². The van der Waals surface area contributed by atoms with Gasteiger partial charge in [-0.05, 0) is 36.4 Å². The monoisotopic (exact) mass is 293 g/mol. The topological polar surface area (TPSA) is 3.24 Å². The summed E-state index contributed by atoms with van der Waals surface area (Å²) >= 11 is 6.49. The standard InChI is InChI=1S/C18H28ClN/c1-18(2,3)15-11-9-14(10-12-15)13-20(4)17-8-6-5-7-16(17)19/h9-12,16-17H,5-8,13H2,1-4H3. The Morgan fingerprint density at radius 2 is 1.70 bits per heavy atom. The molecular weight excluding hydrogens is 266 g/mol. The Bertz CT molecular complexity index is 418. The Hall–Kier alpha value is -0.530. The Kier molecular flexibility index (Phi) is 5.14. The Labute approximate surface area is 129 Å². The summed E-state index contributed by atoms with van der Waals surface area (Å²) < 4.78 is 0. The zero-order valence-corrected chi connectivity index (χ0v) is 14.1. The van der Waals surface area contributed by atoms with Crippen molar-refractivity contribution in [1.29, 1.82) is 0 Å². The van der Waals surface area contributed by atoms with Crippen molar-refractivity contribution in [2.45, 2.75) is 69.8 Å². The fraction of sp³-hybridized carbons (Fsp3) is 0.667. The van der Waals surface area contributed by atoms with Gasteiger partial charge in [0.25, 0.3) is 0 Å². The lowest BCUT2D eigenvalue weighted by Crippen LogP contribution is -2.40. The van der Waals surface area contributed by atoms with Gasteiger partial charge in [0.1, 0.15) is 0 Å². The van der Waals surface area contributed by atoms with Gasteiger partial charge in [-0.1, -0.05) is 57.9 Å². The second kappa shape index (κ2) is 6.49. The van der Waals surface area contributed by atoms with Crippen LogP contribution in [0.1, 0.15) is 57.6 Å². The molecule has 2 atom stereocenters. The van der Waals surface area contributed by atoms with Gasteiger partial charge in [-0.3, -0.25) is 4.90 Å². The van der Waals surface area contributed by atoms with E-state index in [1.165, 1.54) is 36.8 Å². The molecule has 0 N–H and O–H groups in total. The highest BCUT2D eigenvalue weighted by Crippen LogP contribution is 2.28. The summed E-state index contributed by atoms with van der Waals surface area (Å²) in [6.45, 7) is 7.77. The number of nitrogens with zero attached hydrogens (tertiary/aromatic N) is 1. The molecular formula is C18H28ClN. The van der Waals surface area contributed by atoms with Crippen molar-refractivity contribution in [2.75, 3.05) is 7.05 Å². The maximum absolute atomic E-state index is 6.49. The van der Waals surface area contributed by atoms with Crippen LogP contribution in [0.2, 0.25) is 0 Å². The van der Waals surface area contributed by atoms with Crippen molar-refractivity contribution in [1.82, 2.24) is 4.90 Å². The number of hydrogen-bond donors (Lipinski definition) is 0. The molecule has 0 spiro atoms. The van der Waals surface area contributed by atoms with Crippen LogP contribution in [-0.4, -0.2) is 23.4 Å². The molecule has 1 saturated carbocycles. The molecule has 0 aromatic heterocycles. The second-order valence-corrected chi connectivity index (χ2v) is 7.79. The highest BCUT2D eigenvalue weighted by Gasteiger charge is 2.26. The first-order valence-electron chi connectivity index (χ1n) is 7.81. The summed E-state index contributed by atoms with van der Waals surface area (Å²) in [6, 6.07) is 9.60. The van der Waals surface area contributed by atoms with E-state index in [1.807, 2.05) is 0 Å². The van der Waals surface area contributed by atoms with Crippen molar-refractivity contribution in [3.63, 3.8) is 0 Å². The average molecular weight is 294 g/mol. The van der Waals surface area contributed by atoms with Gasteiger partial charge < -0.3 is 0 Å². The average Bonchev–Trinajstić information content (AvgIpc) is 2.38. The molecule has 2 unspecified atom stereocenters. The third-order valence-electron chi connectivity index (χ3n) is 4.47. The van der Waals surface area contributed by atoms with Gasteiger partial charge in [0, 0.05) is 18.0 Å². The molecule has 2 rings (SSSR count). The quantitative estimate of drug-likeness (QED) is 0.712. The molecule has 0 bridgehead atoms. The van der Waals surface area contributed by atoms with Crippen molar-refractivity contribution >= 4 is 11.6 Å². The number of halogens is 1. The number of alkyl halides is 1. The molecule has 1 aliphatic rings. The molecule has 0 radical (unpaired) electrons. The summed E-state index contributed by atoms with van der Waals surface area (Å²) in [7, 11) is 2.21. The molecule has 0 saturated heterocycles. The summed E-state index contributed by atoms with van der Waals surface area (Å²) in [5, 5.41) is 0.322. The van der Waals surface area contributed by atoms with Gasteiger partial charge in [-0.2, -0.15) is 0 Å². The summed E-state index contributed by atoms with van der Waals surface area (Å²) in [4.78, 5) is 2.43. The normalized spacial score (nSPS) is 24.1. The van der Waals surface area contributed by atoms with Gasteiger partial charge in [0.05, 0.1) is 0 Å². The number of hydrogen-bond acceptors (Lipinski definition) is 1. The Morgan fingerprint density at radius 1 is 1.10 bits per heavy atom. The van der Waals surface area contributed by atoms with Crippen LogP contribution in [0.15, 0.2) is 24.3 Å². The van der Waals surface area contributed by atoms with E-state index < -0.39 is 0 Å². The minimum absolute atomic E-state index is 0.231. The van der Waals surface area contributed by atoms with Crippen molar-refractivity contribution < 1.29 is 0 Å². The second-order valence-electron chi connectivity index (χ2n) is 7.23. The number of benzene rings is 1. The lowest BCUT2D eigenvalue weighted by Gasteiger charge is -2.35. The molecule has 2 heteroatoms. The van der Waals surface area contributed by atoms with Crippen LogP contribution < -0.4 is 0 Å². The fourth-order valence-electron chi connectivity index (χ4n) is 3.08. The highest BCUT2D eigenvalue weighted by molar-refractivity contribution is 6.21. The van der Waals surface area contributed by atoms with Crippen molar-refractivity contribution in [2.24, 2.45) is 0 Å². The molecule has 20 heavy (non-hydrogen) atoms. The van der Waals surface area contributed by atoms with Crippen LogP contribution in [-0.2, 0) is 12.0 Å². The van der Waals surface area contributed by atoms with Crippen molar-refractivity contribution in [3.8, 4) is 0 Å². The first-order chi connectivity index (χ1) is 9.38. The zero-order valence-electron chi connectivity index (χ0n) is 13.3. The Morgan fingerprint density at radius 3 is 2.25 bits per heavy atom. The summed E-state index contributed by atoms with van der Waals surface area (Å²) in [5.74, 6) is 0. The lowest BCUT2D eigenvalue weighted by atomic mass is 9.86. The van der Waals surface area contributed by atoms with E-state index >= 15 is 0 Å². The van der Waals surface area contributed by atoms with Gasteiger partial charge in [-0.15, -0.1) is 11.6 Å². The molecule has 1 nitrogen and oxygen atoms in total. The van der Waals surface area contributed by atoms with E-state index in [0.29, 0.717) is 11.4 Å². The fourth-order valence-corrected chi connectivity index (χ4v) is 3.55. The van der Waals surface area contributed by atoms with Crippen molar-refractivity contribution in [3.05, 3.63) is 35.4 Å². The van der Waals surface area contributed by atoms with E-state index in [4.69, 9.17) is 11.6 Å². The lowest BCUT2D eigenvalue weighted by molar-refractivity contribution is 0.188. The van der Waals surface area contributed by atoms with Crippen LogP contribution >= 0.6 is 11.6 Å². The third-order valence-corrected chi connectivity index (χ3v) is 4.97. The largest absolute Gasteiger partial charge is 0.298 e. The van der Waals surface area contributed by atoms with E-state index in [2.05, 4.69) is 57.0 Å². The van der Waals surface area contributed by atoms with Gasteiger partial charge in [0.2, 0.25) is 0 Å². The maximum Gasteiger partial charge on any atom is 0.0491 e. The molecule has 1 aromatic rings. The molecule has 112 valence electrons. The summed E-state index contributed by atoms with van der Waals surface area (Å²) in [6.07, 6.45) is 5.02. The van der Waals surface area contributed by atoms with Crippen LogP contribution in [0.3, 0.4) is 0 Å². The highest BCUT2D eigenvalue weighted by atomic mass is 35.5. The first-order valence-corrected chi connectivity index (χ1v) is 8.25. The minimum Gasteiger partial charge on any atom is -0.298 e. The third kappa shape index (κ3) is 3.99.